The van der Waals surface area contributed by atoms with Gasteiger partial charge in [0.05, 0.1) is 5.75 Å². The predicted molar refractivity (Wildman–Crippen MR) is 76.6 cm³/mol. The number of pyridine rings is 1. The molecule has 100 valence electrons. The Kier molecular flexibility index (Phi) is 4.27. The Morgan fingerprint density at radius 1 is 1.50 bits per heavy atom. The van der Waals surface area contributed by atoms with Gasteiger partial charge in [-0.25, -0.2) is 13.4 Å². The van der Waals surface area contributed by atoms with E-state index in [2.05, 4.69) is 25.8 Å². The molecule has 0 aromatic carbocycles. The Morgan fingerprint density at radius 3 is 2.94 bits per heavy atom. The molecule has 1 unspecified atom stereocenters. The second kappa shape index (κ2) is 5.57. The molecule has 0 N–H and O–H groups in total. The summed E-state index contributed by atoms with van der Waals surface area (Å²) in [5, 5.41) is 0. The normalized spacial score (nSPS) is 21.0. The van der Waals surface area contributed by atoms with Crippen LogP contribution in [0.1, 0.15) is 19.3 Å². The largest absolute Gasteiger partial charge is 0.353 e. The maximum Gasteiger partial charge on any atom is 0.149 e. The van der Waals surface area contributed by atoms with Gasteiger partial charge in [0, 0.05) is 29.5 Å². The Labute approximate surface area is 116 Å². The lowest BCUT2D eigenvalue weighted by molar-refractivity contribution is 0.477. The molecule has 1 aliphatic heterocycles. The van der Waals surface area contributed by atoms with Gasteiger partial charge in [0.1, 0.15) is 15.7 Å². The summed E-state index contributed by atoms with van der Waals surface area (Å²) in [7, 11) is -2.96. The summed E-state index contributed by atoms with van der Waals surface area (Å²) in [6, 6.07) is 3.87. The zero-order chi connectivity index (χ0) is 13.2. The lowest BCUT2D eigenvalue weighted by Gasteiger charge is -2.36. The van der Waals surface area contributed by atoms with Gasteiger partial charge in [-0.2, -0.15) is 0 Å². The third-order valence-corrected chi connectivity index (χ3v) is 4.61. The Balaban J connectivity index is 2.22. The van der Waals surface area contributed by atoms with Gasteiger partial charge in [-0.15, -0.1) is 0 Å². The van der Waals surface area contributed by atoms with Crippen LogP contribution in [0.3, 0.4) is 0 Å². The monoisotopic (exact) mass is 332 g/mol. The number of rotatable bonds is 3. The van der Waals surface area contributed by atoms with Gasteiger partial charge in [-0.05, 0) is 31.4 Å². The number of aromatic nitrogens is 1. The molecule has 18 heavy (non-hydrogen) atoms. The van der Waals surface area contributed by atoms with E-state index >= 15 is 0 Å². The molecular formula is C12H17BrN2O2S. The van der Waals surface area contributed by atoms with Gasteiger partial charge in [0.2, 0.25) is 0 Å². The fourth-order valence-corrected chi connectivity index (χ4v) is 3.74. The molecule has 2 rings (SSSR count). The quantitative estimate of drug-likeness (QED) is 0.851. The lowest BCUT2D eigenvalue weighted by atomic mass is 10.0. The Morgan fingerprint density at radius 2 is 2.28 bits per heavy atom. The highest BCUT2D eigenvalue weighted by molar-refractivity contribution is 9.10. The third-order valence-electron chi connectivity index (χ3n) is 3.12. The van der Waals surface area contributed by atoms with Crippen molar-refractivity contribution in [2.24, 2.45) is 0 Å². The minimum Gasteiger partial charge on any atom is -0.353 e. The summed E-state index contributed by atoms with van der Waals surface area (Å²) in [6.07, 6.45) is 6.14. The highest BCUT2D eigenvalue weighted by atomic mass is 79.9. The van der Waals surface area contributed by atoms with E-state index < -0.39 is 9.84 Å². The molecule has 4 nitrogen and oxygen atoms in total. The number of hydrogen-bond acceptors (Lipinski definition) is 4. The molecule has 6 heteroatoms. The van der Waals surface area contributed by atoms with Crippen molar-refractivity contribution in [2.45, 2.75) is 25.3 Å². The van der Waals surface area contributed by atoms with E-state index in [1.807, 2.05) is 12.1 Å². The van der Waals surface area contributed by atoms with Gasteiger partial charge in [-0.3, -0.25) is 0 Å². The standard InChI is InChI=1S/C12H17BrN2O2S/c1-18(16,17)9-11-4-2-3-7-15(11)12-8-10(13)5-6-14-12/h5-6,8,11H,2-4,7,9H2,1H3. The molecule has 1 fully saturated rings. The number of sulfone groups is 1. The van der Waals surface area contributed by atoms with Gasteiger partial charge >= 0.3 is 0 Å². The number of anilines is 1. The predicted octanol–water partition coefficient (Wildman–Crippen LogP) is 2.25. The van der Waals surface area contributed by atoms with Gasteiger partial charge in [0.15, 0.2) is 0 Å². The van der Waals surface area contributed by atoms with Crippen LogP contribution < -0.4 is 4.90 Å². The molecule has 0 radical (unpaired) electrons. The molecule has 2 heterocycles. The van der Waals surface area contributed by atoms with Crippen molar-refractivity contribution in [3.8, 4) is 0 Å². The zero-order valence-electron chi connectivity index (χ0n) is 10.3. The van der Waals surface area contributed by atoms with Crippen LogP contribution in [0.4, 0.5) is 5.82 Å². The first-order chi connectivity index (χ1) is 8.46. The second-order valence-corrected chi connectivity index (χ2v) is 7.87. The Bertz CT molecular complexity index is 519. The summed E-state index contributed by atoms with van der Waals surface area (Å²) in [6.45, 7) is 0.879. The number of halogens is 1. The van der Waals surface area contributed by atoms with E-state index in [0.29, 0.717) is 0 Å². The van der Waals surface area contributed by atoms with E-state index in [9.17, 15) is 8.42 Å². The molecule has 1 aromatic rings. The number of piperidine rings is 1. The molecule has 1 saturated heterocycles. The summed E-state index contributed by atoms with van der Waals surface area (Å²) < 4.78 is 23.9. The number of nitrogens with zero attached hydrogens (tertiary/aromatic N) is 2. The van der Waals surface area contributed by atoms with Crippen LogP contribution in [0.15, 0.2) is 22.8 Å². The van der Waals surface area contributed by atoms with Gasteiger partial charge < -0.3 is 4.90 Å². The van der Waals surface area contributed by atoms with Crippen molar-refractivity contribution in [1.29, 1.82) is 0 Å². The average molecular weight is 333 g/mol. The van der Waals surface area contributed by atoms with Crippen molar-refractivity contribution in [1.82, 2.24) is 4.98 Å². The fourth-order valence-electron chi connectivity index (χ4n) is 2.38. The van der Waals surface area contributed by atoms with Crippen LogP contribution in [0, 0.1) is 0 Å². The molecule has 0 spiro atoms. The van der Waals surface area contributed by atoms with Crippen molar-refractivity contribution in [3.63, 3.8) is 0 Å². The molecule has 0 amide bonds. The van der Waals surface area contributed by atoms with Crippen LogP contribution >= 0.6 is 15.9 Å². The maximum absolute atomic E-state index is 11.5. The SMILES string of the molecule is CS(=O)(=O)CC1CCCCN1c1cc(Br)ccn1. The summed E-state index contributed by atoms with van der Waals surface area (Å²) in [5.74, 6) is 1.07. The first-order valence-corrected chi connectivity index (χ1v) is 8.87. The minimum absolute atomic E-state index is 0.0514. The third kappa shape index (κ3) is 3.68. The smallest absolute Gasteiger partial charge is 0.149 e. The summed E-state index contributed by atoms with van der Waals surface area (Å²) in [4.78, 5) is 6.46. The highest BCUT2D eigenvalue weighted by Crippen LogP contribution is 2.25. The van der Waals surface area contributed by atoms with Crippen molar-refractivity contribution in [2.75, 3.05) is 23.5 Å². The summed E-state index contributed by atoms with van der Waals surface area (Å²) in [5.41, 5.74) is 0. The van der Waals surface area contributed by atoms with Crippen molar-refractivity contribution >= 4 is 31.6 Å². The molecule has 0 saturated carbocycles. The second-order valence-electron chi connectivity index (χ2n) is 4.77. The molecule has 1 aliphatic rings. The van der Waals surface area contributed by atoms with E-state index in [0.717, 1.165) is 36.1 Å². The number of hydrogen-bond donors (Lipinski definition) is 0. The van der Waals surface area contributed by atoms with E-state index in [4.69, 9.17) is 0 Å². The highest BCUT2D eigenvalue weighted by Gasteiger charge is 2.26. The van der Waals surface area contributed by atoms with E-state index in [-0.39, 0.29) is 11.8 Å². The molecular weight excluding hydrogens is 316 g/mol. The maximum atomic E-state index is 11.5. The summed E-state index contributed by atoms with van der Waals surface area (Å²) >= 11 is 3.43. The average Bonchev–Trinajstić information content (AvgIpc) is 2.27. The van der Waals surface area contributed by atoms with E-state index in [1.54, 1.807) is 6.20 Å². The topological polar surface area (TPSA) is 50.3 Å². The van der Waals surface area contributed by atoms with Crippen LogP contribution in [-0.2, 0) is 9.84 Å². The molecule has 0 bridgehead atoms. The van der Waals surface area contributed by atoms with Crippen LogP contribution in [-0.4, -0.2) is 38.0 Å². The molecule has 1 atom stereocenters. The zero-order valence-corrected chi connectivity index (χ0v) is 12.7. The van der Waals surface area contributed by atoms with Crippen molar-refractivity contribution < 1.29 is 8.42 Å². The van der Waals surface area contributed by atoms with Crippen LogP contribution in [0.25, 0.3) is 0 Å². The fraction of sp³-hybridized carbons (Fsp3) is 0.583. The van der Waals surface area contributed by atoms with Gasteiger partial charge in [0.25, 0.3) is 0 Å². The minimum atomic E-state index is -2.96. The first-order valence-electron chi connectivity index (χ1n) is 6.01. The van der Waals surface area contributed by atoms with Crippen molar-refractivity contribution in [3.05, 3.63) is 22.8 Å². The molecule has 1 aromatic heterocycles. The van der Waals surface area contributed by atoms with E-state index in [1.165, 1.54) is 6.26 Å². The van der Waals surface area contributed by atoms with Crippen LogP contribution in [0.5, 0.6) is 0 Å². The van der Waals surface area contributed by atoms with Gasteiger partial charge in [-0.1, -0.05) is 15.9 Å². The molecule has 0 aliphatic carbocycles. The lowest BCUT2D eigenvalue weighted by Crippen LogP contribution is -2.44. The first kappa shape index (κ1) is 13.8. The Hall–Kier alpha value is -0.620. The van der Waals surface area contributed by atoms with Crippen LogP contribution in [0.2, 0.25) is 0 Å².